The summed E-state index contributed by atoms with van der Waals surface area (Å²) in [7, 11) is -0.453. The molecule has 0 aliphatic rings. The van der Waals surface area contributed by atoms with Gasteiger partial charge < -0.3 is 19.9 Å². The lowest BCUT2D eigenvalue weighted by molar-refractivity contribution is 0.102. The fourth-order valence-corrected chi connectivity index (χ4v) is 3.58. The average Bonchev–Trinajstić information content (AvgIpc) is 2.74. The van der Waals surface area contributed by atoms with Crippen molar-refractivity contribution in [3.8, 4) is 28.4 Å². The van der Waals surface area contributed by atoms with Gasteiger partial charge in [-0.2, -0.15) is 0 Å². The molecule has 0 saturated heterocycles. The normalized spacial score (nSPS) is 10.9. The molecule has 0 unspecified atom stereocenters. The topological polar surface area (TPSA) is 114 Å². The monoisotopic (exact) mass is 442 g/mol. The molecule has 0 saturated carbocycles. The molecule has 3 aromatic carbocycles. The molecule has 3 rings (SSSR count). The van der Waals surface area contributed by atoms with Crippen molar-refractivity contribution in [3.05, 3.63) is 66.2 Å². The van der Waals surface area contributed by atoms with E-state index in [2.05, 4.69) is 10.0 Å². The lowest BCUT2D eigenvalue weighted by Crippen LogP contribution is -2.13. The van der Waals surface area contributed by atoms with E-state index in [1.807, 2.05) is 12.1 Å². The van der Waals surface area contributed by atoms with Crippen LogP contribution in [0, 0.1) is 0 Å². The second kappa shape index (κ2) is 8.97. The molecule has 0 aliphatic carbocycles. The average molecular weight is 442 g/mol. The summed E-state index contributed by atoms with van der Waals surface area (Å²) >= 11 is 0. The van der Waals surface area contributed by atoms with Crippen molar-refractivity contribution < 1.29 is 27.8 Å². The number of aromatic hydroxyl groups is 1. The van der Waals surface area contributed by atoms with Crippen molar-refractivity contribution in [2.45, 2.75) is 0 Å². The standard InChI is InChI=1S/C22H22N2O6S/c1-29-20-6-4-5-17(21(20)30-2)14-7-9-15(10-8-14)22(26)23-16-11-12-19(25)18(13-16)24-31(3,27)28/h4-13,24-25H,1-3H3,(H,23,26). The third-order valence-electron chi connectivity index (χ3n) is 4.41. The highest BCUT2D eigenvalue weighted by atomic mass is 32.2. The van der Waals surface area contributed by atoms with Gasteiger partial charge >= 0.3 is 0 Å². The minimum Gasteiger partial charge on any atom is -0.506 e. The Labute approximate surface area is 180 Å². The van der Waals surface area contributed by atoms with Gasteiger partial charge in [-0.25, -0.2) is 8.42 Å². The zero-order valence-corrected chi connectivity index (χ0v) is 18.0. The maximum absolute atomic E-state index is 12.6. The fourth-order valence-electron chi connectivity index (χ4n) is 3.01. The second-order valence-corrected chi connectivity index (χ2v) is 8.43. The van der Waals surface area contributed by atoms with Crippen molar-refractivity contribution in [3.63, 3.8) is 0 Å². The van der Waals surface area contributed by atoms with Crippen molar-refractivity contribution in [2.75, 3.05) is 30.5 Å². The summed E-state index contributed by atoms with van der Waals surface area (Å²) in [6.45, 7) is 0. The second-order valence-electron chi connectivity index (χ2n) is 6.68. The van der Waals surface area contributed by atoms with E-state index in [4.69, 9.17) is 9.47 Å². The number of hydrogen-bond acceptors (Lipinski definition) is 6. The maximum atomic E-state index is 12.6. The molecule has 162 valence electrons. The summed E-state index contributed by atoms with van der Waals surface area (Å²) in [5.41, 5.74) is 2.37. The number of carbonyl (C=O) groups is 1. The van der Waals surface area contributed by atoms with Gasteiger partial charge in [-0.1, -0.05) is 24.3 Å². The summed E-state index contributed by atoms with van der Waals surface area (Å²) < 4.78 is 35.8. The molecular formula is C22H22N2O6S. The number of amides is 1. The fraction of sp³-hybridized carbons (Fsp3) is 0.136. The minimum absolute atomic E-state index is 0.0271. The van der Waals surface area contributed by atoms with Crippen molar-refractivity contribution in [1.29, 1.82) is 0 Å². The SMILES string of the molecule is COc1cccc(-c2ccc(C(=O)Nc3ccc(O)c(NS(C)(=O)=O)c3)cc2)c1OC. The van der Waals surface area contributed by atoms with Gasteiger partial charge in [-0.05, 0) is 42.0 Å². The molecule has 3 aromatic rings. The van der Waals surface area contributed by atoms with E-state index in [0.717, 1.165) is 17.4 Å². The first kappa shape index (κ1) is 22.0. The number of carbonyl (C=O) groups excluding carboxylic acids is 1. The number of hydrogen-bond donors (Lipinski definition) is 3. The molecular weight excluding hydrogens is 420 g/mol. The van der Waals surface area contributed by atoms with Gasteiger partial charge in [0.05, 0.1) is 26.2 Å². The minimum atomic E-state index is -3.58. The number of rotatable bonds is 7. The summed E-state index contributed by atoms with van der Waals surface area (Å²) in [6, 6.07) is 16.6. The number of sulfonamides is 1. The quantitative estimate of drug-likeness (QED) is 0.380. The van der Waals surface area contributed by atoms with Crippen LogP contribution in [0.25, 0.3) is 11.1 Å². The molecule has 0 aromatic heterocycles. The van der Waals surface area contributed by atoms with Gasteiger partial charge in [0, 0.05) is 16.8 Å². The van der Waals surface area contributed by atoms with Crippen molar-refractivity contribution in [2.24, 2.45) is 0 Å². The molecule has 0 heterocycles. The molecule has 0 spiro atoms. The van der Waals surface area contributed by atoms with E-state index in [1.54, 1.807) is 44.6 Å². The number of methoxy groups -OCH3 is 2. The Balaban J connectivity index is 1.81. The Bertz CT molecular complexity index is 1210. The third kappa shape index (κ3) is 5.26. The van der Waals surface area contributed by atoms with Crippen LogP contribution < -0.4 is 19.5 Å². The zero-order chi connectivity index (χ0) is 22.6. The van der Waals surface area contributed by atoms with Crippen LogP contribution in [-0.2, 0) is 10.0 Å². The van der Waals surface area contributed by atoms with Gasteiger partial charge in [0.1, 0.15) is 5.75 Å². The summed E-state index contributed by atoms with van der Waals surface area (Å²) in [5.74, 6) is 0.560. The first-order valence-corrected chi connectivity index (χ1v) is 11.0. The van der Waals surface area contributed by atoms with E-state index < -0.39 is 10.0 Å². The largest absolute Gasteiger partial charge is 0.506 e. The van der Waals surface area contributed by atoms with Crippen LogP contribution in [0.15, 0.2) is 60.7 Å². The molecule has 0 radical (unpaired) electrons. The maximum Gasteiger partial charge on any atom is 0.255 e. The van der Waals surface area contributed by atoms with Gasteiger partial charge in [0.2, 0.25) is 10.0 Å². The predicted octanol–water partition coefficient (Wildman–Crippen LogP) is 3.70. The molecule has 3 N–H and O–H groups in total. The Morgan fingerprint density at radius 3 is 2.29 bits per heavy atom. The predicted molar refractivity (Wildman–Crippen MR) is 120 cm³/mol. The molecule has 0 aliphatic heterocycles. The van der Waals surface area contributed by atoms with Crippen LogP contribution in [0.5, 0.6) is 17.2 Å². The smallest absolute Gasteiger partial charge is 0.255 e. The molecule has 31 heavy (non-hydrogen) atoms. The zero-order valence-electron chi connectivity index (χ0n) is 17.2. The van der Waals surface area contributed by atoms with Crippen LogP contribution in [0.3, 0.4) is 0 Å². The molecule has 9 heteroatoms. The number of para-hydroxylation sites is 1. The van der Waals surface area contributed by atoms with E-state index in [0.29, 0.717) is 22.7 Å². The van der Waals surface area contributed by atoms with Crippen LogP contribution in [-0.4, -0.2) is 39.9 Å². The number of benzene rings is 3. The molecule has 0 fully saturated rings. The molecule has 0 bridgehead atoms. The Morgan fingerprint density at radius 1 is 0.968 bits per heavy atom. The third-order valence-corrected chi connectivity index (χ3v) is 5.00. The lowest BCUT2D eigenvalue weighted by Gasteiger charge is -2.13. The first-order chi connectivity index (χ1) is 14.7. The van der Waals surface area contributed by atoms with Gasteiger partial charge in [-0.3, -0.25) is 9.52 Å². The molecule has 1 amide bonds. The Kier molecular flexibility index (Phi) is 6.36. The Hall–Kier alpha value is -3.72. The number of ether oxygens (including phenoxy) is 2. The Morgan fingerprint density at radius 2 is 1.68 bits per heavy atom. The molecule has 8 nitrogen and oxygen atoms in total. The summed E-state index contributed by atoms with van der Waals surface area (Å²) in [4.78, 5) is 12.6. The first-order valence-electron chi connectivity index (χ1n) is 9.15. The highest BCUT2D eigenvalue weighted by molar-refractivity contribution is 7.92. The van der Waals surface area contributed by atoms with Crippen LogP contribution in [0.2, 0.25) is 0 Å². The number of nitrogens with one attached hydrogen (secondary N) is 2. The molecule has 0 atom stereocenters. The summed E-state index contributed by atoms with van der Waals surface area (Å²) in [5, 5.41) is 12.5. The number of anilines is 2. The number of phenolic OH excluding ortho intramolecular Hbond substituents is 1. The van der Waals surface area contributed by atoms with Crippen molar-refractivity contribution in [1.82, 2.24) is 0 Å². The van der Waals surface area contributed by atoms with Gasteiger partial charge in [0.25, 0.3) is 5.91 Å². The van der Waals surface area contributed by atoms with E-state index >= 15 is 0 Å². The van der Waals surface area contributed by atoms with Crippen molar-refractivity contribution >= 4 is 27.3 Å². The van der Waals surface area contributed by atoms with Crippen LogP contribution >= 0.6 is 0 Å². The van der Waals surface area contributed by atoms with Gasteiger partial charge in [-0.15, -0.1) is 0 Å². The van der Waals surface area contributed by atoms with Crippen LogP contribution in [0.1, 0.15) is 10.4 Å². The summed E-state index contributed by atoms with van der Waals surface area (Å²) in [6.07, 6.45) is 0.969. The number of phenols is 1. The highest BCUT2D eigenvalue weighted by Gasteiger charge is 2.14. The van der Waals surface area contributed by atoms with E-state index in [9.17, 15) is 18.3 Å². The lowest BCUT2D eigenvalue weighted by atomic mass is 10.0. The van der Waals surface area contributed by atoms with E-state index in [1.165, 1.54) is 18.2 Å². The highest BCUT2D eigenvalue weighted by Crippen LogP contribution is 2.37. The van der Waals surface area contributed by atoms with E-state index in [-0.39, 0.29) is 17.3 Å². The van der Waals surface area contributed by atoms with Gasteiger partial charge in [0.15, 0.2) is 11.5 Å². The van der Waals surface area contributed by atoms with Crippen LogP contribution in [0.4, 0.5) is 11.4 Å².